The quantitative estimate of drug-likeness (QED) is 0.651. The van der Waals surface area contributed by atoms with E-state index in [0.29, 0.717) is 30.0 Å². The molecule has 15 heavy (non-hydrogen) atoms. The van der Waals surface area contributed by atoms with E-state index in [1.807, 2.05) is 0 Å². The van der Waals surface area contributed by atoms with E-state index < -0.39 is 0 Å². The summed E-state index contributed by atoms with van der Waals surface area (Å²) in [7, 11) is 0. The van der Waals surface area contributed by atoms with Gasteiger partial charge in [0.1, 0.15) is 0 Å². The molecule has 3 saturated heterocycles. The number of ether oxygens (including phenoxy) is 3. The lowest BCUT2D eigenvalue weighted by molar-refractivity contribution is -0.259. The predicted octanol–water partition coefficient (Wildman–Crippen LogP) is 1.37. The Morgan fingerprint density at radius 1 is 1.13 bits per heavy atom. The van der Waals surface area contributed by atoms with Crippen LogP contribution in [-0.4, -0.2) is 24.3 Å². The van der Waals surface area contributed by atoms with Gasteiger partial charge in [0.25, 0.3) is 0 Å². The van der Waals surface area contributed by atoms with Crippen LogP contribution in [0.5, 0.6) is 0 Å². The summed E-state index contributed by atoms with van der Waals surface area (Å²) in [5.41, 5.74) is 0. The number of hydrogen-bond donors (Lipinski definition) is 0. The third-order valence-corrected chi connectivity index (χ3v) is 5.58. The Labute approximate surface area is 89.1 Å². The van der Waals surface area contributed by atoms with Gasteiger partial charge in [-0.25, -0.2) is 0 Å². The van der Waals surface area contributed by atoms with E-state index in [0.717, 1.165) is 11.8 Å². The Kier molecular flexibility index (Phi) is 1.08. The summed E-state index contributed by atoms with van der Waals surface area (Å²) in [5, 5.41) is 0. The van der Waals surface area contributed by atoms with E-state index in [1.54, 1.807) is 0 Å². The minimum absolute atomic E-state index is 0.0601. The molecule has 3 heteroatoms. The first-order valence-electron chi connectivity index (χ1n) is 6.23. The molecule has 2 bridgehead atoms. The average molecular weight is 208 g/mol. The van der Waals surface area contributed by atoms with Gasteiger partial charge in [0.05, 0.1) is 12.2 Å². The fourth-order valence-corrected chi connectivity index (χ4v) is 5.21. The van der Waals surface area contributed by atoms with Gasteiger partial charge in [-0.2, -0.15) is 0 Å². The van der Waals surface area contributed by atoms with Crippen molar-refractivity contribution in [2.75, 3.05) is 0 Å². The first-order chi connectivity index (χ1) is 7.22. The van der Waals surface area contributed by atoms with Crippen LogP contribution in [0, 0.1) is 29.6 Å². The van der Waals surface area contributed by atoms with Crippen molar-refractivity contribution < 1.29 is 14.2 Å². The Balaban J connectivity index is 1.77. The van der Waals surface area contributed by atoms with Gasteiger partial charge < -0.3 is 14.2 Å². The number of rotatable bonds is 1. The summed E-state index contributed by atoms with van der Waals surface area (Å²) < 4.78 is 18.4. The van der Waals surface area contributed by atoms with E-state index in [9.17, 15) is 0 Å². The molecule has 3 aliphatic heterocycles. The van der Waals surface area contributed by atoms with E-state index in [4.69, 9.17) is 14.2 Å². The molecule has 82 valence electrons. The van der Waals surface area contributed by atoms with Crippen LogP contribution in [0.15, 0.2) is 0 Å². The van der Waals surface area contributed by atoms with Crippen molar-refractivity contribution in [2.24, 2.45) is 29.6 Å². The minimum atomic E-state index is -0.287. The van der Waals surface area contributed by atoms with Gasteiger partial charge in [-0.05, 0) is 18.3 Å². The summed E-state index contributed by atoms with van der Waals surface area (Å²) in [6.07, 6.45) is 2.11. The van der Waals surface area contributed by atoms with E-state index >= 15 is 0 Å². The normalized spacial score (nSPS) is 71.8. The van der Waals surface area contributed by atoms with Crippen LogP contribution < -0.4 is 0 Å². The molecule has 0 aromatic carbocycles. The lowest BCUT2D eigenvalue weighted by atomic mass is 9.76. The zero-order valence-corrected chi connectivity index (χ0v) is 9.05. The topological polar surface area (TPSA) is 27.7 Å². The summed E-state index contributed by atoms with van der Waals surface area (Å²) in [6.45, 7) is 4.44. The SMILES string of the molecule is CC(C)[C@@]12O[C@H]3O[C@H]4[C@H]5C[C@@H]([C@@H]4O1)[C@@H]2[C@@H]35. The molecular weight excluding hydrogens is 192 g/mol. The standard InChI is InChI=1S/C12H16O3/c1-4(2)12-8-6-3-5-7(8)11(15-12)13-9(5)10(6)14-12/h4-11H,3H2,1-2H3/t5-,6+,7-,8+,9-,10-,11+,12-/m0/s1. The van der Waals surface area contributed by atoms with Gasteiger partial charge in [0.2, 0.25) is 0 Å². The molecule has 0 aromatic heterocycles. The van der Waals surface area contributed by atoms with Crippen molar-refractivity contribution in [2.45, 2.75) is 44.6 Å². The molecule has 0 aromatic rings. The van der Waals surface area contributed by atoms with Crippen LogP contribution in [0.25, 0.3) is 0 Å². The summed E-state index contributed by atoms with van der Waals surface area (Å²) in [4.78, 5) is 0. The predicted molar refractivity (Wildman–Crippen MR) is 50.8 cm³/mol. The molecular formula is C12H16O3. The largest absolute Gasteiger partial charge is 0.346 e. The molecule has 3 heterocycles. The van der Waals surface area contributed by atoms with Crippen LogP contribution in [0.1, 0.15) is 20.3 Å². The van der Waals surface area contributed by atoms with Crippen LogP contribution in [0.2, 0.25) is 0 Å². The van der Waals surface area contributed by atoms with Gasteiger partial charge >= 0.3 is 0 Å². The summed E-state index contributed by atoms with van der Waals surface area (Å²) in [6, 6.07) is 0. The highest BCUT2D eigenvalue weighted by Gasteiger charge is 2.81. The highest BCUT2D eigenvalue weighted by molar-refractivity contribution is 5.22. The highest BCUT2D eigenvalue weighted by atomic mass is 16.8. The van der Waals surface area contributed by atoms with Gasteiger partial charge in [-0.3, -0.25) is 0 Å². The second-order valence-electron chi connectivity index (χ2n) is 6.21. The van der Waals surface area contributed by atoms with Crippen molar-refractivity contribution >= 4 is 0 Å². The van der Waals surface area contributed by atoms with Crippen molar-refractivity contribution in [3.8, 4) is 0 Å². The first-order valence-corrected chi connectivity index (χ1v) is 6.23. The minimum Gasteiger partial charge on any atom is -0.346 e. The molecule has 8 atom stereocenters. The van der Waals surface area contributed by atoms with Crippen LogP contribution in [0.3, 0.4) is 0 Å². The molecule has 3 nitrogen and oxygen atoms in total. The van der Waals surface area contributed by atoms with Crippen molar-refractivity contribution in [3.63, 3.8) is 0 Å². The fourth-order valence-electron chi connectivity index (χ4n) is 5.21. The van der Waals surface area contributed by atoms with Gasteiger partial charge in [0.15, 0.2) is 12.1 Å². The van der Waals surface area contributed by atoms with Gasteiger partial charge in [-0.15, -0.1) is 0 Å². The zero-order valence-electron chi connectivity index (χ0n) is 9.05. The maximum atomic E-state index is 6.29. The average Bonchev–Trinajstić information content (AvgIpc) is 2.75. The van der Waals surface area contributed by atoms with E-state index in [-0.39, 0.29) is 12.1 Å². The molecule has 2 aliphatic carbocycles. The molecule has 5 fully saturated rings. The summed E-state index contributed by atoms with van der Waals surface area (Å²) in [5.74, 6) is 2.93. The molecule has 0 N–H and O–H groups in total. The Bertz CT molecular complexity index is 355. The molecule has 2 saturated carbocycles. The van der Waals surface area contributed by atoms with Crippen LogP contribution >= 0.6 is 0 Å². The van der Waals surface area contributed by atoms with Crippen LogP contribution in [-0.2, 0) is 14.2 Å². The maximum absolute atomic E-state index is 6.29. The molecule has 5 rings (SSSR count). The Morgan fingerprint density at radius 3 is 2.80 bits per heavy atom. The molecule has 0 spiro atoms. The Morgan fingerprint density at radius 2 is 2.00 bits per heavy atom. The van der Waals surface area contributed by atoms with Crippen molar-refractivity contribution in [3.05, 3.63) is 0 Å². The lowest BCUT2D eigenvalue weighted by Gasteiger charge is -2.31. The zero-order chi connectivity index (χ0) is 9.95. The van der Waals surface area contributed by atoms with Gasteiger partial charge in [0, 0.05) is 17.8 Å². The second kappa shape index (κ2) is 2.01. The third kappa shape index (κ3) is 0.585. The fraction of sp³-hybridized carbons (Fsp3) is 1.00. The summed E-state index contributed by atoms with van der Waals surface area (Å²) >= 11 is 0. The Hall–Kier alpha value is -0.120. The van der Waals surface area contributed by atoms with Crippen molar-refractivity contribution in [1.82, 2.24) is 0 Å². The number of fused-ring (bicyclic) bond motifs is 1. The smallest absolute Gasteiger partial charge is 0.177 e. The lowest BCUT2D eigenvalue weighted by Crippen LogP contribution is -2.40. The molecule has 0 radical (unpaired) electrons. The van der Waals surface area contributed by atoms with Crippen molar-refractivity contribution in [1.29, 1.82) is 0 Å². The first kappa shape index (κ1) is 8.04. The monoisotopic (exact) mass is 208 g/mol. The molecule has 0 amide bonds. The number of hydrogen-bond acceptors (Lipinski definition) is 3. The molecule has 0 unspecified atom stereocenters. The molecule has 5 aliphatic rings. The second-order valence-corrected chi connectivity index (χ2v) is 6.21. The van der Waals surface area contributed by atoms with E-state index in [1.165, 1.54) is 6.42 Å². The van der Waals surface area contributed by atoms with E-state index in [2.05, 4.69) is 13.8 Å². The maximum Gasteiger partial charge on any atom is 0.177 e. The highest BCUT2D eigenvalue weighted by Crippen LogP contribution is 2.73. The van der Waals surface area contributed by atoms with Crippen LogP contribution in [0.4, 0.5) is 0 Å². The third-order valence-electron chi connectivity index (χ3n) is 5.58. The van der Waals surface area contributed by atoms with Gasteiger partial charge in [-0.1, -0.05) is 13.8 Å².